The number of rotatable bonds is 9. The van der Waals surface area contributed by atoms with Gasteiger partial charge in [-0.25, -0.2) is 4.98 Å². The average molecular weight is 594 g/mol. The molecule has 9 heteroatoms. The van der Waals surface area contributed by atoms with Gasteiger partial charge < -0.3 is 24.6 Å². The number of carbonyl (C=O) groups is 1. The lowest BCUT2D eigenvalue weighted by molar-refractivity contribution is -0.245. The van der Waals surface area contributed by atoms with E-state index in [1.54, 1.807) is 18.9 Å². The second-order valence-electron chi connectivity index (χ2n) is 10.1. The number of aromatic nitrogens is 2. The molecule has 5 aromatic rings. The zero-order valence-electron chi connectivity index (χ0n) is 23.6. The summed E-state index contributed by atoms with van der Waals surface area (Å²) < 4.78 is 18.5. The monoisotopic (exact) mass is 593 g/mol. The van der Waals surface area contributed by atoms with Crippen LogP contribution in [0.2, 0.25) is 0 Å². The van der Waals surface area contributed by atoms with Crippen molar-refractivity contribution < 1.29 is 24.1 Å². The van der Waals surface area contributed by atoms with Crippen molar-refractivity contribution in [3.05, 3.63) is 126 Å². The molecular formula is C34H31N3O5S. The predicted molar refractivity (Wildman–Crippen MR) is 166 cm³/mol. The Balaban J connectivity index is 1.18. The Hall–Kier alpha value is -4.28. The van der Waals surface area contributed by atoms with E-state index < -0.39 is 6.29 Å². The first kappa shape index (κ1) is 28.8. The Morgan fingerprint density at radius 2 is 1.65 bits per heavy atom. The van der Waals surface area contributed by atoms with Crippen LogP contribution in [0.25, 0.3) is 11.0 Å². The van der Waals surface area contributed by atoms with Crippen LogP contribution >= 0.6 is 11.8 Å². The van der Waals surface area contributed by atoms with Crippen LogP contribution in [0.4, 0.5) is 5.69 Å². The molecule has 6 rings (SSSR count). The van der Waals surface area contributed by atoms with Crippen molar-refractivity contribution in [1.82, 2.24) is 9.97 Å². The molecule has 218 valence electrons. The third-order valence-corrected chi connectivity index (χ3v) is 8.42. The number of ether oxygens (including phenoxy) is 3. The van der Waals surface area contributed by atoms with Crippen LogP contribution in [0.3, 0.4) is 0 Å². The van der Waals surface area contributed by atoms with E-state index in [1.165, 1.54) is 6.20 Å². The fourth-order valence-corrected chi connectivity index (χ4v) is 5.98. The molecule has 0 aliphatic carbocycles. The maximum absolute atomic E-state index is 12.9. The number of para-hydroxylation sites is 3. The Labute approximate surface area is 254 Å². The molecule has 8 nitrogen and oxygen atoms in total. The van der Waals surface area contributed by atoms with E-state index in [2.05, 4.69) is 15.3 Å². The second kappa shape index (κ2) is 13.4. The fraction of sp³-hybridized carbons (Fsp3) is 0.206. The van der Waals surface area contributed by atoms with E-state index in [0.29, 0.717) is 23.4 Å². The van der Waals surface area contributed by atoms with E-state index >= 15 is 0 Å². The van der Waals surface area contributed by atoms with Gasteiger partial charge in [0.25, 0.3) is 5.91 Å². The van der Waals surface area contributed by atoms with Crippen molar-refractivity contribution >= 4 is 34.4 Å². The molecule has 0 spiro atoms. The van der Waals surface area contributed by atoms with Gasteiger partial charge in [-0.1, -0.05) is 60.7 Å². The lowest BCUT2D eigenvalue weighted by atomic mass is 10.0. The van der Waals surface area contributed by atoms with Crippen LogP contribution in [0.15, 0.2) is 108 Å². The van der Waals surface area contributed by atoms with Gasteiger partial charge in [0.05, 0.1) is 43.2 Å². The summed E-state index contributed by atoms with van der Waals surface area (Å²) in [5, 5.41) is 12.4. The van der Waals surface area contributed by atoms with Crippen molar-refractivity contribution in [2.24, 2.45) is 0 Å². The number of hydrogen-bond donors (Lipinski definition) is 2. The average Bonchev–Trinajstić information content (AvgIpc) is 3.07. The SMILES string of the molecule is COc1ccccc1SCC1CC(c2ccc(CO)cc2)OC(c2ccc(NC(=O)c3cnc4ccccc4n3)cc2)O1. The van der Waals surface area contributed by atoms with Crippen LogP contribution in [-0.2, 0) is 16.1 Å². The highest BCUT2D eigenvalue weighted by Gasteiger charge is 2.32. The summed E-state index contributed by atoms with van der Waals surface area (Å²) in [6.07, 6.45) is 1.27. The fourth-order valence-electron chi connectivity index (χ4n) is 4.93. The molecule has 0 radical (unpaired) electrons. The Morgan fingerprint density at radius 3 is 2.42 bits per heavy atom. The van der Waals surface area contributed by atoms with Gasteiger partial charge in [0.1, 0.15) is 11.4 Å². The smallest absolute Gasteiger partial charge is 0.275 e. The van der Waals surface area contributed by atoms with Gasteiger partial charge in [-0.05, 0) is 47.5 Å². The number of aliphatic hydroxyl groups is 1. The van der Waals surface area contributed by atoms with Gasteiger partial charge in [0, 0.05) is 28.3 Å². The molecule has 4 aromatic carbocycles. The van der Waals surface area contributed by atoms with Crippen molar-refractivity contribution in [3.63, 3.8) is 0 Å². The molecule has 1 saturated heterocycles. The number of anilines is 1. The standard InChI is InChI=1S/C34H31N3O5S/c1-40-30-8-4-5-9-32(30)43-21-26-18-31(23-12-10-22(20-38)11-13-23)42-34(41-26)24-14-16-25(17-15-24)36-33(39)29-19-35-27-6-2-3-7-28(27)37-29/h2-17,19,26,31,34,38H,18,20-21H2,1H3,(H,36,39). The van der Waals surface area contributed by atoms with Crippen LogP contribution in [0.5, 0.6) is 5.75 Å². The predicted octanol–water partition coefficient (Wildman–Crippen LogP) is 6.72. The van der Waals surface area contributed by atoms with Crippen molar-refractivity contribution in [2.75, 3.05) is 18.2 Å². The van der Waals surface area contributed by atoms with Crippen molar-refractivity contribution in [2.45, 2.75) is 36.4 Å². The van der Waals surface area contributed by atoms with E-state index in [1.807, 2.05) is 97.1 Å². The summed E-state index contributed by atoms with van der Waals surface area (Å²) in [6, 6.07) is 30.7. The second-order valence-corrected chi connectivity index (χ2v) is 11.2. The summed E-state index contributed by atoms with van der Waals surface area (Å²) in [5.74, 6) is 1.21. The molecule has 1 fully saturated rings. The molecule has 1 amide bonds. The number of thioether (sulfide) groups is 1. The number of amides is 1. The molecule has 0 saturated carbocycles. The number of carbonyl (C=O) groups excluding carboxylic acids is 1. The Bertz CT molecular complexity index is 1700. The minimum atomic E-state index is -0.601. The molecule has 3 atom stereocenters. The maximum Gasteiger partial charge on any atom is 0.275 e. The number of nitrogens with one attached hydrogen (secondary N) is 1. The third-order valence-electron chi connectivity index (χ3n) is 7.23. The molecule has 3 unspecified atom stereocenters. The van der Waals surface area contributed by atoms with Gasteiger partial charge in [0.2, 0.25) is 0 Å². The number of benzene rings is 4. The topological polar surface area (TPSA) is 103 Å². The van der Waals surface area contributed by atoms with Crippen LogP contribution in [0.1, 0.15) is 46.0 Å². The highest BCUT2D eigenvalue weighted by Crippen LogP contribution is 2.40. The first-order chi connectivity index (χ1) is 21.1. The van der Waals surface area contributed by atoms with E-state index in [0.717, 1.165) is 32.9 Å². The van der Waals surface area contributed by atoms with Gasteiger partial charge in [-0.15, -0.1) is 11.8 Å². The van der Waals surface area contributed by atoms with Crippen LogP contribution in [-0.4, -0.2) is 39.9 Å². The molecule has 1 aliphatic rings. The number of nitrogens with zero attached hydrogens (tertiary/aromatic N) is 2. The lowest BCUT2D eigenvalue weighted by Gasteiger charge is -2.36. The van der Waals surface area contributed by atoms with Gasteiger partial charge >= 0.3 is 0 Å². The summed E-state index contributed by atoms with van der Waals surface area (Å²) in [5.41, 5.74) is 4.98. The highest BCUT2D eigenvalue weighted by atomic mass is 32.2. The summed E-state index contributed by atoms with van der Waals surface area (Å²) in [7, 11) is 1.67. The van der Waals surface area contributed by atoms with E-state index in [9.17, 15) is 9.90 Å². The molecule has 43 heavy (non-hydrogen) atoms. The number of fused-ring (bicyclic) bond motifs is 1. The minimum absolute atomic E-state index is 0.00790. The van der Waals surface area contributed by atoms with E-state index in [-0.39, 0.29) is 30.4 Å². The highest BCUT2D eigenvalue weighted by molar-refractivity contribution is 7.99. The van der Waals surface area contributed by atoms with Gasteiger partial charge in [-0.3, -0.25) is 9.78 Å². The maximum atomic E-state index is 12.9. The number of aliphatic hydroxyl groups excluding tert-OH is 1. The minimum Gasteiger partial charge on any atom is -0.496 e. The summed E-state index contributed by atoms with van der Waals surface area (Å²) in [4.78, 5) is 22.7. The van der Waals surface area contributed by atoms with Gasteiger partial charge in [0.15, 0.2) is 6.29 Å². The van der Waals surface area contributed by atoms with Crippen molar-refractivity contribution in [3.8, 4) is 5.75 Å². The largest absolute Gasteiger partial charge is 0.496 e. The molecule has 1 aromatic heterocycles. The molecule has 2 heterocycles. The first-order valence-electron chi connectivity index (χ1n) is 14.0. The summed E-state index contributed by atoms with van der Waals surface area (Å²) >= 11 is 1.69. The van der Waals surface area contributed by atoms with Crippen molar-refractivity contribution in [1.29, 1.82) is 0 Å². The molecular weight excluding hydrogens is 562 g/mol. The third kappa shape index (κ3) is 6.87. The molecule has 1 aliphatic heterocycles. The number of methoxy groups -OCH3 is 1. The Kier molecular flexibility index (Phi) is 8.95. The zero-order chi connectivity index (χ0) is 29.6. The molecule has 2 N–H and O–H groups in total. The van der Waals surface area contributed by atoms with E-state index in [4.69, 9.17) is 14.2 Å². The van der Waals surface area contributed by atoms with Gasteiger partial charge in [-0.2, -0.15) is 0 Å². The number of hydrogen-bond acceptors (Lipinski definition) is 8. The quantitative estimate of drug-likeness (QED) is 0.182. The first-order valence-corrected chi connectivity index (χ1v) is 15.0. The lowest BCUT2D eigenvalue weighted by Crippen LogP contribution is -2.31. The normalized spacial score (nSPS) is 18.3. The molecule has 0 bridgehead atoms. The summed E-state index contributed by atoms with van der Waals surface area (Å²) in [6.45, 7) is -0.00790. The Morgan fingerprint density at radius 1 is 0.930 bits per heavy atom. The van der Waals surface area contributed by atoms with Crippen LogP contribution < -0.4 is 10.1 Å². The van der Waals surface area contributed by atoms with Crippen LogP contribution in [0, 0.1) is 0 Å². The zero-order valence-corrected chi connectivity index (χ0v) is 24.4.